The maximum absolute atomic E-state index is 13.4. The van der Waals surface area contributed by atoms with Crippen LogP contribution < -0.4 is 0 Å². The van der Waals surface area contributed by atoms with Crippen molar-refractivity contribution >= 4 is 17.9 Å². The average Bonchev–Trinajstić information content (AvgIpc) is 3.08. The third kappa shape index (κ3) is 3.97. The van der Waals surface area contributed by atoms with E-state index in [2.05, 4.69) is 9.40 Å². The van der Waals surface area contributed by atoms with Crippen molar-refractivity contribution in [1.29, 1.82) is 0 Å². The average molecular weight is 439 g/mol. The molecule has 1 amide bonds. The molecule has 0 N–H and O–H groups in total. The number of hydrogen-bond acceptors (Lipinski definition) is 4. The predicted molar refractivity (Wildman–Crippen MR) is 110 cm³/mol. The first-order valence-corrected chi connectivity index (χ1v) is 11.3. The van der Waals surface area contributed by atoms with E-state index in [1.165, 1.54) is 6.07 Å². The number of fused-ring (bicyclic) bond motifs is 1. The Morgan fingerprint density at radius 1 is 1.17 bits per heavy atom. The summed E-state index contributed by atoms with van der Waals surface area (Å²) in [6.45, 7) is 2.48. The maximum atomic E-state index is 13.4. The van der Waals surface area contributed by atoms with Crippen LogP contribution in [0.1, 0.15) is 51.6 Å². The number of piperidine rings is 1. The molecule has 2 aliphatic heterocycles. The second-order valence-electron chi connectivity index (χ2n) is 7.85. The van der Waals surface area contributed by atoms with E-state index in [0.717, 1.165) is 30.3 Å². The van der Waals surface area contributed by atoms with Gasteiger partial charge in [-0.2, -0.15) is 18.3 Å². The molecule has 1 fully saturated rings. The molecular weight excluding hydrogens is 413 g/mol. The largest absolute Gasteiger partial charge is 0.416 e. The van der Waals surface area contributed by atoms with Crippen LogP contribution >= 0.6 is 11.9 Å². The molecule has 1 aromatic heterocycles. The molecule has 9 heteroatoms. The highest BCUT2D eigenvalue weighted by molar-refractivity contribution is 7.96. The molecule has 0 spiro atoms. The Hall–Kier alpha value is -2.00. The number of carbonyl (C=O) groups excluding carboxylic acids is 1. The summed E-state index contributed by atoms with van der Waals surface area (Å²) in [5.74, 6) is -0.311. The van der Waals surface area contributed by atoms with Crippen LogP contribution in [0.2, 0.25) is 0 Å². The van der Waals surface area contributed by atoms with E-state index in [-0.39, 0.29) is 11.8 Å². The maximum Gasteiger partial charge on any atom is 0.416 e. The van der Waals surface area contributed by atoms with Gasteiger partial charge in [-0.15, -0.1) is 0 Å². The van der Waals surface area contributed by atoms with Crippen LogP contribution in [-0.2, 0) is 26.2 Å². The first-order chi connectivity index (χ1) is 14.3. The van der Waals surface area contributed by atoms with Gasteiger partial charge >= 0.3 is 6.18 Å². The summed E-state index contributed by atoms with van der Waals surface area (Å²) in [4.78, 5) is 14.9. The summed E-state index contributed by atoms with van der Waals surface area (Å²) in [5.41, 5.74) is 2.33. The highest BCUT2D eigenvalue weighted by Crippen LogP contribution is 2.39. The fraction of sp³-hybridized carbons (Fsp3) is 0.524. The van der Waals surface area contributed by atoms with E-state index in [9.17, 15) is 18.0 Å². The molecule has 3 heterocycles. The van der Waals surface area contributed by atoms with E-state index in [1.807, 2.05) is 13.3 Å². The van der Waals surface area contributed by atoms with Gasteiger partial charge in [0, 0.05) is 50.9 Å². The second-order valence-corrected chi connectivity index (χ2v) is 8.73. The molecule has 1 aromatic carbocycles. The zero-order chi connectivity index (χ0) is 21.5. The number of carbonyl (C=O) groups is 1. The number of amides is 1. The van der Waals surface area contributed by atoms with Crippen molar-refractivity contribution in [3.63, 3.8) is 0 Å². The zero-order valence-corrected chi connectivity index (χ0v) is 17.9. The molecule has 4 rings (SSSR count). The standard InChI is InChI=1S/C21H25F3N4OS/c1-26-18-9-12-28(30-2)13-16(18)19(25-26)20(29)27-10-7-14(8-11-27)15-5-3-4-6-17(15)21(22,23)24/h3-6,14H,7-13H2,1-2H3. The summed E-state index contributed by atoms with van der Waals surface area (Å²) >= 11 is 1.66. The number of aryl methyl sites for hydroxylation is 1. The van der Waals surface area contributed by atoms with Crippen LogP contribution in [0, 0.1) is 0 Å². The summed E-state index contributed by atoms with van der Waals surface area (Å²) in [6, 6.07) is 5.79. The lowest BCUT2D eigenvalue weighted by Gasteiger charge is -2.33. The number of likely N-dealkylation sites (tertiary alicyclic amines) is 1. The molecule has 5 nitrogen and oxygen atoms in total. The van der Waals surface area contributed by atoms with Gasteiger partial charge < -0.3 is 4.90 Å². The lowest BCUT2D eigenvalue weighted by atomic mass is 9.86. The van der Waals surface area contributed by atoms with E-state index < -0.39 is 11.7 Å². The fourth-order valence-corrected chi connectivity index (χ4v) is 5.08. The Balaban J connectivity index is 1.49. The fourth-order valence-electron chi connectivity index (χ4n) is 4.55. The summed E-state index contributed by atoms with van der Waals surface area (Å²) in [6.07, 6.45) is -0.453. The van der Waals surface area contributed by atoms with Crippen LogP contribution in [0.15, 0.2) is 24.3 Å². The van der Waals surface area contributed by atoms with Gasteiger partial charge in [0.25, 0.3) is 5.91 Å². The number of alkyl halides is 3. The normalized spacial score (nSPS) is 18.5. The number of rotatable bonds is 3. The SMILES string of the molecule is CSN1CCc2c(c(C(=O)N3CCC(c4ccccc4C(F)(F)F)CC3)nn2C)C1. The molecule has 0 bridgehead atoms. The summed E-state index contributed by atoms with van der Waals surface area (Å²) in [7, 11) is 1.87. The molecule has 2 aromatic rings. The van der Waals surface area contributed by atoms with Crippen molar-refractivity contribution in [3.8, 4) is 0 Å². The predicted octanol–water partition coefficient (Wildman–Crippen LogP) is 4.09. The molecule has 30 heavy (non-hydrogen) atoms. The third-order valence-electron chi connectivity index (χ3n) is 6.16. The smallest absolute Gasteiger partial charge is 0.337 e. The van der Waals surface area contributed by atoms with E-state index in [0.29, 0.717) is 43.7 Å². The van der Waals surface area contributed by atoms with Gasteiger partial charge in [-0.1, -0.05) is 30.1 Å². The van der Waals surface area contributed by atoms with Gasteiger partial charge in [0.2, 0.25) is 0 Å². The number of nitrogens with zero attached hydrogens (tertiary/aromatic N) is 4. The summed E-state index contributed by atoms with van der Waals surface area (Å²) in [5, 5.41) is 4.50. The van der Waals surface area contributed by atoms with E-state index in [1.54, 1.807) is 33.7 Å². The minimum absolute atomic E-state index is 0.114. The van der Waals surface area contributed by atoms with Crippen molar-refractivity contribution < 1.29 is 18.0 Å². The molecule has 0 radical (unpaired) electrons. The molecule has 162 valence electrons. The van der Waals surface area contributed by atoms with Crippen LogP contribution in [0.25, 0.3) is 0 Å². The van der Waals surface area contributed by atoms with Gasteiger partial charge in [-0.05, 0) is 36.6 Å². The van der Waals surface area contributed by atoms with Crippen molar-refractivity contribution in [3.05, 3.63) is 52.3 Å². The van der Waals surface area contributed by atoms with Gasteiger partial charge in [0.05, 0.1) is 5.56 Å². The topological polar surface area (TPSA) is 41.4 Å². The minimum Gasteiger partial charge on any atom is -0.337 e. The minimum atomic E-state index is -4.36. The Kier molecular flexibility index (Phi) is 5.85. The number of benzene rings is 1. The van der Waals surface area contributed by atoms with Crippen LogP contribution in [-0.4, -0.2) is 50.8 Å². The molecule has 1 saturated heterocycles. The van der Waals surface area contributed by atoms with Crippen molar-refractivity contribution in [2.24, 2.45) is 7.05 Å². The molecule has 0 saturated carbocycles. The van der Waals surface area contributed by atoms with Crippen LogP contribution in [0.5, 0.6) is 0 Å². The van der Waals surface area contributed by atoms with Crippen LogP contribution in [0.4, 0.5) is 13.2 Å². The van der Waals surface area contributed by atoms with Gasteiger partial charge in [0.1, 0.15) is 0 Å². The van der Waals surface area contributed by atoms with E-state index in [4.69, 9.17) is 0 Å². The first kappa shape index (κ1) is 21.2. The molecule has 0 atom stereocenters. The lowest BCUT2D eigenvalue weighted by molar-refractivity contribution is -0.138. The highest BCUT2D eigenvalue weighted by Gasteiger charge is 2.37. The van der Waals surface area contributed by atoms with Gasteiger partial charge in [-0.25, -0.2) is 4.31 Å². The highest BCUT2D eigenvalue weighted by atomic mass is 32.2. The van der Waals surface area contributed by atoms with E-state index >= 15 is 0 Å². The Morgan fingerprint density at radius 2 is 1.87 bits per heavy atom. The van der Waals surface area contributed by atoms with Crippen molar-refractivity contribution in [2.45, 2.75) is 37.9 Å². The first-order valence-electron chi connectivity index (χ1n) is 10.1. The summed E-state index contributed by atoms with van der Waals surface area (Å²) < 4.78 is 44.1. The van der Waals surface area contributed by atoms with Gasteiger partial charge in [-0.3, -0.25) is 9.48 Å². The second kappa shape index (κ2) is 8.26. The quantitative estimate of drug-likeness (QED) is 0.677. The van der Waals surface area contributed by atoms with Crippen LogP contribution in [0.3, 0.4) is 0 Å². The number of hydrogen-bond donors (Lipinski definition) is 0. The van der Waals surface area contributed by atoms with Crippen molar-refractivity contribution in [2.75, 3.05) is 25.9 Å². The number of halogens is 3. The van der Waals surface area contributed by atoms with Crippen molar-refractivity contribution in [1.82, 2.24) is 19.0 Å². The molecule has 2 aliphatic rings. The lowest BCUT2D eigenvalue weighted by Crippen LogP contribution is -2.39. The zero-order valence-electron chi connectivity index (χ0n) is 17.1. The Bertz CT molecular complexity index is 935. The molecular formula is C21H25F3N4OS. The number of aromatic nitrogens is 2. The third-order valence-corrected chi connectivity index (χ3v) is 6.98. The monoisotopic (exact) mass is 438 g/mol. The van der Waals surface area contributed by atoms with Gasteiger partial charge in [0.15, 0.2) is 5.69 Å². The molecule has 0 aliphatic carbocycles. The Labute approximate surface area is 178 Å². The Morgan fingerprint density at radius 3 is 2.53 bits per heavy atom. The molecule has 0 unspecified atom stereocenters.